The number of benzene rings is 1. The van der Waals surface area contributed by atoms with E-state index < -0.39 is 0 Å². The van der Waals surface area contributed by atoms with E-state index in [1.165, 1.54) is 0 Å². The summed E-state index contributed by atoms with van der Waals surface area (Å²) in [5.74, 6) is 1.61. The van der Waals surface area contributed by atoms with Crippen molar-refractivity contribution in [2.75, 3.05) is 46.9 Å². The lowest BCUT2D eigenvalue weighted by molar-refractivity contribution is -0.0161. The molecule has 1 aliphatic rings. The summed E-state index contributed by atoms with van der Waals surface area (Å²) in [7, 11) is 3.88. The third-order valence-corrected chi connectivity index (χ3v) is 3.84. The zero-order valence-electron chi connectivity index (χ0n) is 15.0. The smallest absolute Gasteiger partial charge is 0.191 e. The van der Waals surface area contributed by atoms with E-state index in [1.54, 1.807) is 13.1 Å². The zero-order valence-corrected chi connectivity index (χ0v) is 17.4. The van der Waals surface area contributed by atoms with Gasteiger partial charge in [0.1, 0.15) is 12.4 Å². The summed E-state index contributed by atoms with van der Waals surface area (Å²) in [6.45, 7) is 8.25. The number of ether oxygens (including phenoxy) is 2. The number of hydrogen-bond donors (Lipinski definition) is 2. The molecular formula is C18H29IN4O2. The highest BCUT2D eigenvalue weighted by atomic mass is 127. The molecule has 1 unspecified atom stereocenters. The molecule has 1 aromatic rings. The molecule has 140 valence electrons. The van der Waals surface area contributed by atoms with Crippen LogP contribution >= 0.6 is 24.0 Å². The summed E-state index contributed by atoms with van der Waals surface area (Å²) in [6, 6.07) is 7.96. The van der Waals surface area contributed by atoms with Gasteiger partial charge in [0.15, 0.2) is 5.96 Å². The van der Waals surface area contributed by atoms with Gasteiger partial charge in [-0.25, -0.2) is 0 Å². The Balaban J connectivity index is 0.00000312. The lowest BCUT2D eigenvalue weighted by Gasteiger charge is -2.30. The second kappa shape index (κ2) is 12.1. The fourth-order valence-electron chi connectivity index (χ4n) is 2.54. The molecule has 1 heterocycles. The van der Waals surface area contributed by atoms with Gasteiger partial charge in [0.25, 0.3) is 0 Å². The van der Waals surface area contributed by atoms with Gasteiger partial charge in [-0.15, -0.1) is 24.0 Å². The van der Waals surface area contributed by atoms with Gasteiger partial charge in [-0.05, 0) is 13.1 Å². The number of guanidine groups is 1. The molecule has 1 aromatic carbocycles. The number of nitrogens with one attached hydrogen (secondary N) is 2. The van der Waals surface area contributed by atoms with Gasteiger partial charge in [0.05, 0.1) is 12.7 Å². The number of rotatable bonds is 7. The highest BCUT2D eigenvalue weighted by molar-refractivity contribution is 14.0. The van der Waals surface area contributed by atoms with E-state index in [2.05, 4.69) is 34.2 Å². The van der Waals surface area contributed by atoms with E-state index in [0.717, 1.165) is 43.5 Å². The number of morpholine rings is 1. The standard InChI is InChI=1S/C18H28N4O2.HI/c1-4-10-24-17-8-6-5-7-15(17)12-20-18(19-2)21-13-16-14-22(3)9-11-23-16;/h4-8,16H,1,9-14H2,2-3H3,(H2,19,20,21);1H. The van der Waals surface area contributed by atoms with Crippen LogP contribution in [-0.4, -0.2) is 63.9 Å². The van der Waals surface area contributed by atoms with Crippen LogP contribution in [0.15, 0.2) is 41.9 Å². The lowest BCUT2D eigenvalue weighted by atomic mass is 10.2. The van der Waals surface area contributed by atoms with Gasteiger partial charge >= 0.3 is 0 Å². The summed E-state index contributed by atoms with van der Waals surface area (Å²) in [4.78, 5) is 6.54. The van der Waals surface area contributed by atoms with Gasteiger partial charge in [0, 0.05) is 38.8 Å². The quantitative estimate of drug-likeness (QED) is 0.282. The highest BCUT2D eigenvalue weighted by Crippen LogP contribution is 2.17. The SMILES string of the molecule is C=CCOc1ccccc1CNC(=NC)NCC1CN(C)CCO1.I. The first-order chi connectivity index (χ1) is 11.7. The molecule has 1 saturated heterocycles. The minimum absolute atomic E-state index is 0. The maximum Gasteiger partial charge on any atom is 0.191 e. The molecule has 0 radical (unpaired) electrons. The molecule has 1 atom stereocenters. The first-order valence-corrected chi connectivity index (χ1v) is 8.29. The molecule has 0 saturated carbocycles. The zero-order chi connectivity index (χ0) is 17.2. The predicted octanol–water partition coefficient (Wildman–Crippen LogP) is 1.86. The van der Waals surface area contributed by atoms with Crippen molar-refractivity contribution in [3.05, 3.63) is 42.5 Å². The summed E-state index contributed by atoms with van der Waals surface area (Å²) in [5, 5.41) is 6.64. The molecule has 2 N–H and O–H groups in total. The average Bonchev–Trinajstić information content (AvgIpc) is 2.61. The van der Waals surface area contributed by atoms with Crippen LogP contribution < -0.4 is 15.4 Å². The van der Waals surface area contributed by atoms with Crippen LogP contribution in [0.25, 0.3) is 0 Å². The van der Waals surface area contributed by atoms with Crippen LogP contribution in [0.5, 0.6) is 5.75 Å². The Labute approximate surface area is 167 Å². The first-order valence-electron chi connectivity index (χ1n) is 8.29. The van der Waals surface area contributed by atoms with Crippen molar-refractivity contribution in [2.45, 2.75) is 12.6 Å². The minimum atomic E-state index is 0. The number of likely N-dealkylation sites (N-methyl/N-ethyl adjacent to an activating group) is 1. The van der Waals surface area contributed by atoms with Crippen LogP contribution in [0.4, 0.5) is 0 Å². The van der Waals surface area contributed by atoms with Crippen molar-refractivity contribution in [3.8, 4) is 5.75 Å². The molecule has 0 amide bonds. The molecule has 1 fully saturated rings. The Kier molecular flexibility index (Phi) is 10.5. The van der Waals surface area contributed by atoms with Gasteiger partial charge < -0.3 is 25.0 Å². The largest absolute Gasteiger partial charge is 0.489 e. The third kappa shape index (κ3) is 7.62. The molecule has 25 heavy (non-hydrogen) atoms. The van der Waals surface area contributed by atoms with Crippen molar-refractivity contribution >= 4 is 29.9 Å². The van der Waals surface area contributed by atoms with E-state index in [0.29, 0.717) is 13.2 Å². The third-order valence-electron chi connectivity index (χ3n) is 3.84. The highest BCUT2D eigenvalue weighted by Gasteiger charge is 2.17. The van der Waals surface area contributed by atoms with E-state index >= 15 is 0 Å². The van der Waals surface area contributed by atoms with Crippen molar-refractivity contribution in [3.63, 3.8) is 0 Å². The molecule has 7 heteroatoms. The lowest BCUT2D eigenvalue weighted by Crippen LogP contribution is -2.48. The normalized spacial score (nSPS) is 18.2. The van der Waals surface area contributed by atoms with E-state index in [4.69, 9.17) is 9.47 Å². The van der Waals surface area contributed by atoms with Crippen LogP contribution in [0.1, 0.15) is 5.56 Å². The van der Waals surface area contributed by atoms with Crippen molar-refractivity contribution in [1.29, 1.82) is 0 Å². The number of para-hydroxylation sites is 1. The maximum atomic E-state index is 5.75. The second-order valence-corrected chi connectivity index (χ2v) is 5.77. The molecule has 0 aromatic heterocycles. The Morgan fingerprint density at radius 2 is 2.24 bits per heavy atom. The summed E-state index contributed by atoms with van der Waals surface area (Å²) >= 11 is 0. The Bertz CT molecular complexity index is 554. The van der Waals surface area contributed by atoms with Gasteiger partial charge in [-0.2, -0.15) is 0 Å². The Hall–Kier alpha value is -1.32. The summed E-state index contributed by atoms with van der Waals surface area (Å²) in [5.41, 5.74) is 1.08. The molecular weight excluding hydrogens is 431 g/mol. The fraction of sp³-hybridized carbons (Fsp3) is 0.500. The van der Waals surface area contributed by atoms with E-state index in [1.807, 2.05) is 24.3 Å². The Morgan fingerprint density at radius 1 is 1.44 bits per heavy atom. The minimum Gasteiger partial charge on any atom is -0.489 e. The van der Waals surface area contributed by atoms with Crippen molar-refractivity contribution in [1.82, 2.24) is 15.5 Å². The van der Waals surface area contributed by atoms with Crippen molar-refractivity contribution < 1.29 is 9.47 Å². The number of aliphatic imine (C=N–C) groups is 1. The number of nitrogens with zero attached hydrogens (tertiary/aromatic N) is 2. The topological polar surface area (TPSA) is 58.1 Å². The second-order valence-electron chi connectivity index (χ2n) is 5.77. The van der Waals surface area contributed by atoms with E-state index in [-0.39, 0.29) is 30.1 Å². The number of hydrogen-bond acceptors (Lipinski definition) is 4. The predicted molar refractivity (Wildman–Crippen MR) is 113 cm³/mol. The monoisotopic (exact) mass is 460 g/mol. The molecule has 6 nitrogen and oxygen atoms in total. The van der Waals surface area contributed by atoms with Crippen LogP contribution in [0, 0.1) is 0 Å². The first kappa shape index (κ1) is 21.7. The van der Waals surface area contributed by atoms with Crippen molar-refractivity contribution in [2.24, 2.45) is 4.99 Å². The maximum absolute atomic E-state index is 5.75. The molecule has 0 aliphatic carbocycles. The van der Waals surface area contributed by atoms with Crippen LogP contribution in [0.3, 0.4) is 0 Å². The molecule has 0 spiro atoms. The van der Waals surface area contributed by atoms with Gasteiger partial charge in [-0.3, -0.25) is 4.99 Å². The molecule has 2 rings (SSSR count). The van der Waals surface area contributed by atoms with Crippen LogP contribution in [-0.2, 0) is 11.3 Å². The summed E-state index contributed by atoms with van der Waals surface area (Å²) in [6.07, 6.45) is 1.93. The number of halogens is 1. The molecule has 1 aliphatic heterocycles. The average molecular weight is 460 g/mol. The van der Waals surface area contributed by atoms with Gasteiger partial charge in [-0.1, -0.05) is 30.9 Å². The summed E-state index contributed by atoms with van der Waals surface area (Å²) < 4.78 is 11.4. The van der Waals surface area contributed by atoms with E-state index in [9.17, 15) is 0 Å². The molecule has 0 bridgehead atoms. The Morgan fingerprint density at radius 3 is 2.96 bits per heavy atom. The van der Waals surface area contributed by atoms with Crippen LogP contribution in [0.2, 0.25) is 0 Å². The fourth-order valence-corrected chi connectivity index (χ4v) is 2.54. The van der Waals surface area contributed by atoms with Gasteiger partial charge in [0.2, 0.25) is 0 Å².